The van der Waals surface area contributed by atoms with Crippen LogP contribution in [0.15, 0.2) is 6.07 Å². The minimum atomic E-state index is -0.369. The number of hydrogen-bond donors (Lipinski definition) is 1. The Kier molecular flexibility index (Phi) is 8.55. The zero-order valence-electron chi connectivity index (χ0n) is 20.0. The standard InChI is InChI=1S/C24H37N3O3S2/c1-15(2)27(21(28)18-8-6-16(3)7-9-18)22-19(23(29)30-5)14-20(32-22)17-10-12-26(13-11-17)24(31)25-4/h14-18H,6-13H2,1-5H3,(H,25,31). The summed E-state index contributed by atoms with van der Waals surface area (Å²) in [6, 6.07) is 1.94. The summed E-state index contributed by atoms with van der Waals surface area (Å²) >= 11 is 6.97. The lowest BCUT2D eigenvalue weighted by Crippen LogP contribution is -2.42. The number of hydrogen-bond acceptors (Lipinski definition) is 5. The molecule has 1 aromatic heterocycles. The molecule has 2 fully saturated rings. The van der Waals surface area contributed by atoms with Gasteiger partial charge in [-0.2, -0.15) is 0 Å². The second-order valence-corrected chi connectivity index (χ2v) is 10.9. The van der Waals surface area contributed by atoms with E-state index in [0.29, 0.717) is 17.4 Å². The van der Waals surface area contributed by atoms with Gasteiger partial charge in [-0.3, -0.25) is 4.79 Å². The van der Waals surface area contributed by atoms with Gasteiger partial charge in [0.05, 0.1) is 12.7 Å². The van der Waals surface area contributed by atoms with Crippen LogP contribution in [0.3, 0.4) is 0 Å². The number of methoxy groups -OCH3 is 1. The molecule has 0 aromatic carbocycles. The normalized spacial score (nSPS) is 22.0. The maximum atomic E-state index is 13.6. The summed E-state index contributed by atoms with van der Waals surface area (Å²) in [5.74, 6) is 0.863. The predicted octanol–water partition coefficient (Wildman–Crippen LogP) is 4.79. The molecule has 2 heterocycles. The molecule has 0 atom stereocenters. The minimum Gasteiger partial charge on any atom is -0.465 e. The van der Waals surface area contributed by atoms with Crippen LogP contribution in [-0.4, -0.2) is 55.2 Å². The van der Waals surface area contributed by atoms with Crippen LogP contribution in [0.1, 0.15) is 80.4 Å². The van der Waals surface area contributed by atoms with Gasteiger partial charge in [0.15, 0.2) is 5.11 Å². The second-order valence-electron chi connectivity index (χ2n) is 9.43. The lowest BCUT2D eigenvalue weighted by atomic mass is 9.82. The highest BCUT2D eigenvalue weighted by molar-refractivity contribution is 7.80. The molecule has 178 valence electrons. The first kappa shape index (κ1) is 25.0. The van der Waals surface area contributed by atoms with Gasteiger partial charge in [0.25, 0.3) is 0 Å². The number of carbonyl (C=O) groups excluding carboxylic acids is 2. The van der Waals surface area contributed by atoms with Crippen LogP contribution >= 0.6 is 23.6 Å². The third-order valence-corrected chi connectivity index (χ3v) is 8.63. The van der Waals surface area contributed by atoms with Crippen molar-refractivity contribution in [2.24, 2.45) is 11.8 Å². The number of thiocarbonyl (C=S) groups is 1. The van der Waals surface area contributed by atoms with Crippen LogP contribution in [0.25, 0.3) is 0 Å². The zero-order chi connectivity index (χ0) is 23.4. The van der Waals surface area contributed by atoms with E-state index < -0.39 is 0 Å². The SMILES string of the molecule is CNC(=S)N1CCC(c2cc(C(=O)OC)c(N(C(=O)C3CCC(C)CC3)C(C)C)s2)CC1. The average molecular weight is 480 g/mol. The fourth-order valence-corrected chi connectivity index (χ4v) is 6.49. The number of nitrogens with one attached hydrogen (secondary N) is 1. The highest BCUT2D eigenvalue weighted by Crippen LogP contribution is 2.42. The number of thiophene rings is 1. The number of anilines is 1. The van der Waals surface area contributed by atoms with Crippen molar-refractivity contribution in [3.05, 3.63) is 16.5 Å². The molecular formula is C24H37N3O3S2. The smallest absolute Gasteiger partial charge is 0.340 e. The van der Waals surface area contributed by atoms with E-state index in [1.54, 1.807) is 11.3 Å². The largest absolute Gasteiger partial charge is 0.465 e. The molecule has 1 aromatic rings. The summed E-state index contributed by atoms with van der Waals surface area (Å²) in [6.07, 6.45) is 5.98. The molecule has 1 amide bonds. The Labute approximate surface area is 201 Å². The van der Waals surface area contributed by atoms with Crippen LogP contribution in [0.4, 0.5) is 5.00 Å². The van der Waals surface area contributed by atoms with Gasteiger partial charge in [-0.25, -0.2) is 4.79 Å². The van der Waals surface area contributed by atoms with E-state index in [0.717, 1.165) is 66.6 Å². The van der Waals surface area contributed by atoms with Gasteiger partial charge < -0.3 is 19.9 Å². The van der Waals surface area contributed by atoms with E-state index in [1.165, 1.54) is 7.11 Å². The molecule has 8 heteroatoms. The van der Waals surface area contributed by atoms with E-state index in [2.05, 4.69) is 17.1 Å². The van der Waals surface area contributed by atoms with Crippen molar-refractivity contribution < 1.29 is 14.3 Å². The molecular weight excluding hydrogens is 442 g/mol. The lowest BCUT2D eigenvalue weighted by molar-refractivity contribution is -0.123. The van der Waals surface area contributed by atoms with Gasteiger partial charge in [-0.05, 0) is 82.5 Å². The molecule has 1 aliphatic heterocycles. The molecule has 0 unspecified atom stereocenters. The topological polar surface area (TPSA) is 61.9 Å². The molecule has 0 radical (unpaired) electrons. The lowest BCUT2D eigenvalue weighted by Gasteiger charge is -2.34. The van der Waals surface area contributed by atoms with E-state index in [4.69, 9.17) is 17.0 Å². The third-order valence-electron chi connectivity index (χ3n) is 6.87. The van der Waals surface area contributed by atoms with Crippen LogP contribution < -0.4 is 10.2 Å². The molecule has 0 spiro atoms. The summed E-state index contributed by atoms with van der Waals surface area (Å²) in [5.41, 5.74) is 0.520. The van der Waals surface area contributed by atoms with Gasteiger partial charge in [0.1, 0.15) is 5.00 Å². The first-order valence-electron chi connectivity index (χ1n) is 11.8. The van der Waals surface area contributed by atoms with Gasteiger partial charge in [-0.1, -0.05) is 6.92 Å². The predicted molar refractivity (Wildman–Crippen MR) is 135 cm³/mol. The highest BCUT2D eigenvalue weighted by Gasteiger charge is 2.35. The van der Waals surface area contributed by atoms with Gasteiger partial charge in [-0.15, -0.1) is 11.3 Å². The molecule has 2 aliphatic rings. The molecule has 6 nitrogen and oxygen atoms in total. The van der Waals surface area contributed by atoms with Crippen molar-refractivity contribution in [1.29, 1.82) is 0 Å². The highest BCUT2D eigenvalue weighted by atomic mass is 32.1. The fourth-order valence-electron chi connectivity index (χ4n) is 4.85. The molecule has 3 rings (SSSR count). The first-order valence-corrected chi connectivity index (χ1v) is 13.0. The van der Waals surface area contributed by atoms with Crippen LogP contribution in [0.2, 0.25) is 0 Å². The van der Waals surface area contributed by atoms with Gasteiger partial charge in [0, 0.05) is 37.0 Å². The van der Waals surface area contributed by atoms with Gasteiger partial charge >= 0.3 is 5.97 Å². The van der Waals surface area contributed by atoms with E-state index in [1.807, 2.05) is 31.9 Å². The third kappa shape index (κ3) is 5.45. The Morgan fingerprint density at radius 2 is 1.81 bits per heavy atom. The second kappa shape index (κ2) is 11.0. The number of nitrogens with zero attached hydrogens (tertiary/aromatic N) is 2. The number of piperidine rings is 1. The summed E-state index contributed by atoms with van der Waals surface area (Å²) in [7, 11) is 3.26. The summed E-state index contributed by atoms with van der Waals surface area (Å²) in [4.78, 5) is 31.5. The van der Waals surface area contributed by atoms with Crippen LogP contribution in [0.5, 0.6) is 0 Å². The van der Waals surface area contributed by atoms with Crippen molar-refractivity contribution >= 4 is 45.5 Å². The molecule has 32 heavy (non-hydrogen) atoms. The number of rotatable bonds is 5. The molecule has 1 N–H and O–H groups in total. The van der Waals surface area contributed by atoms with Gasteiger partial charge in [0.2, 0.25) is 5.91 Å². The number of likely N-dealkylation sites (tertiary alicyclic amines) is 1. The first-order chi connectivity index (χ1) is 15.3. The Balaban J connectivity index is 1.87. The Hall–Kier alpha value is -1.67. The fraction of sp³-hybridized carbons (Fsp3) is 0.708. The molecule has 1 saturated heterocycles. The maximum absolute atomic E-state index is 13.6. The Morgan fingerprint density at radius 3 is 2.34 bits per heavy atom. The quantitative estimate of drug-likeness (QED) is 0.484. The minimum absolute atomic E-state index is 0.0217. The molecule has 1 saturated carbocycles. The number of amides is 1. The zero-order valence-corrected chi connectivity index (χ0v) is 21.6. The molecule has 0 bridgehead atoms. The molecule has 1 aliphatic carbocycles. The maximum Gasteiger partial charge on any atom is 0.340 e. The summed E-state index contributed by atoms with van der Waals surface area (Å²) in [6.45, 7) is 8.09. The van der Waals surface area contributed by atoms with Crippen molar-refractivity contribution in [3.8, 4) is 0 Å². The number of esters is 1. The summed E-state index contributed by atoms with van der Waals surface area (Å²) < 4.78 is 5.11. The monoisotopic (exact) mass is 479 g/mol. The van der Waals surface area contributed by atoms with Crippen molar-refractivity contribution in [2.75, 3.05) is 32.1 Å². The number of carbonyl (C=O) groups is 2. The van der Waals surface area contributed by atoms with Crippen molar-refractivity contribution in [2.45, 2.75) is 71.3 Å². The van der Waals surface area contributed by atoms with E-state index >= 15 is 0 Å². The average Bonchev–Trinajstić information content (AvgIpc) is 3.23. The van der Waals surface area contributed by atoms with Crippen LogP contribution in [0, 0.1) is 11.8 Å². The van der Waals surface area contributed by atoms with Crippen molar-refractivity contribution in [1.82, 2.24) is 10.2 Å². The van der Waals surface area contributed by atoms with E-state index in [9.17, 15) is 9.59 Å². The summed E-state index contributed by atoms with van der Waals surface area (Å²) in [5, 5.41) is 4.58. The Bertz CT molecular complexity index is 822. The Morgan fingerprint density at radius 1 is 1.19 bits per heavy atom. The van der Waals surface area contributed by atoms with Crippen molar-refractivity contribution in [3.63, 3.8) is 0 Å². The van der Waals surface area contributed by atoms with Crippen LogP contribution in [-0.2, 0) is 9.53 Å². The number of ether oxygens (including phenoxy) is 1. The van der Waals surface area contributed by atoms with E-state index in [-0.39, 0.29) is 23.8 Å².